The molecule has 7 heteroatoms. The summed E-state index contributed by atoms with van der Waals surface area (Å²) in [5.74, 6) is -1.19. The third-order valence-corrected chi connectivity index (χ3v) is 4.79. The van der Waals surface area contributed by atoms with Gasteiger partial charge in [-0.3, -0.25) is 4.79 Å². The minimum atomic E-state index is -1.03. The van der Waals surface area contributed by atoms with Crippen LogP contribution in [0.15, 0.2) is 48.5 Å². The fraction of sp³-hybridized carbons (Fsp3) is 0.286. The molecule has 7 nitrogen and oxygen atoms in total. The molecule has 146 valence electrons. The van der Waals surface area contributed by atoms with Crippen molar-refractivity contribution in [3.05, 3.63) is 59.7 Å². The van der Waals surface area contributed by atoms with Gasteiger partial charge in [-0.15, -0.1) is 0 Å². The average molecular weight is 381 g/mol. The molecular weight excluding hydrogens is 358 g/mol. The van der Waals surface area contributed by atoms with Gasteiger partial charge in [0.25, 0.3) is 5.91 Å². The molecule has 28 heavy (non-hydrogen) atoms. The molecule has 1 aliphatic rings. The van der Waals surface area contributed by atoms with Gasteiger partial charge in [0, 0.05) is 38.3 Å². The number of nitrogens with zero attached hydrogens (tertiary/aromatic N) is 2. The first kappa shape index (κ1) is 19.4. The summed E-state index contributed by atoms with van der Waals surface area (Å²) in [5.41, 5.74) is 1.73. The van der Waals surface area contributed by atoms with E-state index < -0.39 is 5.97 Å². The van der Waals surface area contributed by atoms with E-state index in [1.165, 1.54) is 6.07 Å². The van der Waals surface area contributed by atoms with Crippen molar-refractivity contribution < 1.29 is 19.5 Å². The smallest absolute Gasteiger partial charge is 0.336 e. The topological polar surface area (TPSA) is 90.0 Å². The van der Waals surface area contributed by atoms with Crippen molar-refractivity contribution in [3.8, 4) is 11.1 Å². The van der Waals surface area contributed by atoms with Gasteiger partial charge in [-0.1, -0.05) is 36.4 Å². The number of carbonyl (C=O) groups is 3. The van der Waals surface area contributed by atoms with Crippen LogP contribution in [0.4, 0.5) is 4.79 Å². The minimum Gasteiger partial charge on any atom is -0.478 e. The first-order valence-corrected chi connectivity index (χ1v) is 9.26. The second kappa shape index (κ2) is 8.56. The standard InChI is InChI=1S/C21H23N3O4/c1-2-22-21(28)24-13-11-23(12-14-24)19(25)17-9-5-3-7-15(17)16-8-4-6-10-18(16)20(26)27/h3-10H,2,11-14H2,1H3,(H,22,28)(H,26,27). The molecule has 0 aromatic heterocycles. The van der Waals surface area contributed by atoms with Gasteiger partial charge in [0.05, 0.1) is 5.56 Å². The number of amides is 3. The SMILES string of the molecule is CCNC(=O)N1CCN(C(=O)c2ccccc2-c2ccccc2C(=O)O)CC1. The molecule has 2 aromatic rings. The predicted octanol–water partition coefficient (Wildman–Crippen LogP) is 2.54. The Kier molecular flexibility index (Phi) is 5.93. The lowest BCUT2D eigenvalue weighted by Gasteiger charge is -2.35. The maximum absolute atomic E-state index is 13.1. The Bertz CT molecular complexity index is 889. The molecule has 0 bridgehead atoms. The van der Waals surface area contributed by atoms with Crippen molar-refractivity contribution in [2.24, 2.45) is 0 Å². The molecule has 0 atom stereocenters. The number of benzene rings is 2. The van der Waals surface area contributed by atoms with E-state index in [2.05, 4.69) is 5.32 Å². The summed E-state index contributed by atoms with van der Waals surface area (Å²) in [6, 6.07) is 13.6. The molecule has 1 fully saturated rings. The second-order valence-corrected chi connectivity index (χ2v) is 6.51. The zero-order chi connectivity index (χ0) is 20.1. The second-order valence-electron chi connectivity index (χ2n) is 6.51. The number of carboxylic acid groups (broad SMARTS) is 1. The number of hydrogen-bond donors (Lipinski definition) is 2. The zero-order valence-electron chi connectivity index (χ0n) is 15.7. The molecule has 1 aliphatic heterocycles. The highest BCUT2D eigenvalue weighted by Gasteiger charge is 2.26. The van der Waals surface area contributed by atoms with Crippen molar-refractivity contribution in [1.82, 2.24) is 15.1 Å². The number of aromatic carboxylic acids is 1. The van der Waals surface area contributed by atoms with E-state index in [0.717, 1.165) is 0 Å². The van der Waals surface area contributed by atoms with E-state index in [1.54, 1.807) is 52.3 Å². The van der Waals surface area contributed by atoms with Gasteiger partial charge in [0.15, 0.2) is 0 Å². The van der Waals surface area contributed by atoms with Crippen molar-refractivity contribution in [2.45, 2.75) is 6.92 Å². The average Bonchev–Trinajstić information content (AvgIpc) is 2.73. The van der Waals surface area contributed by atoms with E-state index >= 15 is 0 Å². The van der Waals surface area contributed by atoms with Gasteiger partial charge >= 0.3 is 12.0 Å². The van der Waals surface area contributed by atoms with Crippen molar-refractivity contribution in [2.75, 3.05) is 32.7 Å². The predicted molar refractivity (Wildman–Crippen MR) is 105 cm³/mol. The molecule has 0 radical (unpaired) electrons. The molecule has 2 aromatic carbocycles. The highest BCUT2D eigenvalue weighted by Crippen LogP contribution is 2.28. The number of rotatable bonds is 4. The summed E-state index contributed by atoms with van der Waals surface area (Å²) >= 11 is 0. The van der Waals surface area contributed by atoms with E-state index in [1.807, 2.05) is 6.92 Å². The number of hydrogen-bond acceptors (Lipinski definition) is 3. The molecule has 2 N–H and O–H groups in total. The molecule has 3 amide bonds. The first-order valence-electron chi connectivity index (χ1n) is 9.26. The molecule has 1 heterocycles. The van der Waals surface area contributed by atoms with E-state index in [4.69, 9.17) is 0 Å². The molecular formula is C21H23N3O4. The highest BCUT2D eigenvalue weighted by molar-refractivity contribution is 6.04. The molecule has 1 saturated heterocycles. The van der Waals surface area contributed by atoms with Gasteiger partial charge in [-0.2, -0.15) is 0 Å². The third-order valence-electron chi connectivity index (χ3n) is 4.79. The number of piperazine rings is 1. The Balaban J connectivity index is 1.84. The summed E-state index contributed by atoms with van der Waals surface area (Å²) in [4.78, 5) is 40.1. The fourth-order valence-corrected chi connectivity index (χ4v) is 3.35. The van der Waals surface area contributed by atoms with Gasteiger partial charge in [-0.25, -0.2) is 9.59 Å². The summed E-state index contributed by atoms with van der Waals surface area (Å²) in [6.07, 6.45) is 0. The van der Waals surface area contributed by atoms with E-state index in [9.17, 15) is 19.5 Å². The van der Waals surface area contributed by atoms with Crippen LogP contribution < -0.4 is 5.32 Å². The Morgan fingerprint density at radius 3 is 1.93 bits per heavy atom. The monoisotopic (exact) mass is 381 g/mol. The van der Waals surface area contributed by atoms with Crippen LogP contribution >= 0.6 is 0 Å². The Hall–Kier alpha value is -3.35. The molecule has 3 rings (SSSR count). The van der Waals surface area contributed by atoms with Crippen LogP contribution in [0.1, 0.15) is 27.6 Å². The van der Waals surface area contributed by atoms with Crippen molar-refractivity contribution in [1.29, 1.82) is 0 Å². The molecule has 0 aliphatic carbocycles. The van der Waals surface area contributed by atoms with Crippen LogP contribution in [-0.2, 0) is 0 Å². The normalized spacial score (nSPS) is 13.9. The van der Waals surface area contributed by atoms with Crippen LogP contribution in [0.25, 0.3) is 11.1 Å². The number of urea groups is 1. The zero-order valence-corrected chi connectivity index (χ0v) is 15.7. The lowest BCUT2D eigenvalue weighted by atomic mass is 9.94. The van der Waals surface area contributed by atoms with E-state index in [-0.39, 0.29) is 17.5 Å². The van der Waals surface area contributed by atoms with Crippen LogP contribution in [-0.4, -0.2) is 65.5 Å². The van der Waals surface area contributed by atoms with E-state index in [0.29, 0.717) is 49.4 Å². The lowest BCUT2D eigenvalue weighted by molar-refractivity contribution is 0.0663. The van der Waals surface area contributed by atoms with Gasteiger partial charge in [0.2, 0.25) is 0 Å². The number of nitrogens with one attached hydrogen (secondary N) is 1. The number of carboxylic acids is 1. The summed E-state index contributed by atoms with van der Waals surface area (Å²) in [5, 5.41) is 12.3. The molecule has 0 unspecified atom stereocenters. The summed E-state index contributed by atoms with van der Waals surface area (Å²) in [7, 11) is 0. The summed E-state index contributed by atoms with van der Waals surface area (Å²) in [6.45, 7) is 4.23. The minimum absolute atomic E-state index is 0.120. The Labute approximate surface area is 163 Å². The van der Waals surface area contributed by atoms with Gasteiger partial charge in [-0.05, 0) is 30.2 Å². The first-order chi connectivity index (χ1) is 13.5. The van der Waals surface area contributed by atoms with Crippen LogP contribution in [0.5, 0.6) is 0 Å². The Morgan fingerprint density at radius 1 is 0.857 bits per heavy atom. The summed E-state index contributed by atoms with van der Waals surface area (Å²) < 4.78 is 0. The third kappa shape index (κ3) is 3.98. The highest BCUT2D eigenvalue weighted by atomic mass is 16.4. The lowest BCUT2D eigenvalue weighted by Crippen LogP contribution is -2.53. The van der Waals surface area contributed by atoms with Crippen LogP contribution in [0, 0.1) is 0 Å². The van der Waals surface area contributed by atoms with Crippen LogP contribution in [0.2, 0.25) is 0 Å². The maximum Gasteiger partial charge on any atom is 0.336 e. The number of carbonyl (C=O) groups excluding carboxylic acids is 2. The molecule has 0 saturated carbocycles. The van der Waals surface area contributed by atoms with Gasteiger partial charge in [0.1, 0.15) is 0 Å². The maximum atomic E-state index is 13.1. The Morgan fingerprint density at radius 2 is 1.36 bits per heavy atom. The van der Waals surface area contributed by atoms with Gasteiger partial charge < -0.3 is 20.2 Å². The molecule has 0 spiro atoms. The fourth-order valence-electron chi connectivity index (χ4n) is 3.35. The van der Waals surface area contributed by atoms with Crippen molar-refractivity contribution >= 4 is 17.9 Å². The largest absolute Gasteiger partial charge is 0.478 e. The quantitative estimate of drug-likeness (QED) is 0.852. The van der Waals surface area contributed by atoms with Crippen LogP contribution in [0.3, 0.4) is 0 Å². The van der Waals surface area contributed by atoms with Crippen molar-refractivity contribution in [3.63, 3.8) is 0 Å².